The number of halogens is 1. The monoisotopic (exact) mass is 646 g/mol. The first-order chi connectivity index (χ1) is 20.2. The van der Waals surface area contributed by atoms with Gasteiger partial charge in [-0.05, 0) is 68.4 Å². The number of nitrogens with two attached hydrogens (primary N) is 1. The van der Waals surface area contributed by atoms with E-state index in [1.165, 1.54) is 24.3 Å². The van der Waals surface area contributed by atoms with Gasteiger partial charge in [0.15, 0.2) is 18.9 Å². The van der Waals surface area contributed by atoms with E-state index >= 15 is 0 Å². The summed E-state index contributed by atoms with van der Waals surface area (Å²) < 4.78 is 61.6. The third-order valence-electron chi connectivity index (χ3n) is 6.19. The third-order valence-corrected chi connectivity index (χ3v) is 8.64. The lowest BCUT2D eigenvalue weighted by molar-refractivity contribution is -0.694. The highest BCUT2D eigenvalue weighted by molar-refractivity contribution is 7.86. The number of carbonyl (C=O) groups is 1. The van der Waals surface area contributed by atoms with Crippen molar-refractivity contribution in [2.75, 3.05) is 24.6 Å². The van der Waals surface area contributed by atoms with Gasteiger partial charge >= 0.3 is 0 Å². The average Bonchev–Trinajstić information content (AvgIpc) is 2.96. The molecule has 228 valence electrons. The molecule has 0 radical (unpaired) electrons. The molecule has 0 aliphatic rings. The zero-order chi connectivity index (χ0) is 31.6. The van der Waals surface area contributed by atoms with E-state index in [0.717, 1.165) is 16.8 Å². The van der Waals surface area contributed by atoms with Crippen LogP contribution in [0.15, 0.2) is 107 Å². The Morgan fingerprint density at radius 2 is 1.42 bits per heavy atom. The van der Waals surface area contributed by atoms with Gasteiger partial charge in [-0.1, -0.05) is 47.0 Å². The minimum Gasteiger partial charge on any atom is -0.365 e. The van der Waals surface area contributed by atoms with Crippen molar-refractivity contribution in [2.24, 2.45) is 5.73 Å². The SMILES string of the molecule is Cc1ccc(S(=O)(=O)O)cc1.Cc1ccc(S(=O)(=O)OCCN(CC[n+]2cccc(C(N)=O)c2)c2ccc(Cl)cc2)cc1. The van der Waals surface area contributed by atoms with Gasteiger partial charge in [0.05, 0.1) is 22.9 Å². The van der Waals surface area contributed by atoms with Crippen LogP contribution in [0.25, 0.3) is 0 Å². The van der Waals surface area contributed by atoms with Crippen LogP contribution in [0.2, 0.25) is 5.02 Å². The lowest BCUT2D eigenvalue weighted by Gasteiger charge is -2.23. The lowest BCUT2D eigenvalue weighted by atomic mass is 10.2. The fraction of sp³-hybridized carbons (Fsp3) is 0.200. The molecule has 3 N–H and O–H groups in total. The maximum Gasteiger partial charge on any atom is 0.297 e. The molecule has 43 heavy (non-hydrogen) atoms. The molecule has 4 rings (SSSR count). The van der Waals surface area contributed by atoms with Gasteiger partial charge in [0, 0.05) is 23.3 Å². The molecule has 4 aromatic rings. The second kappa shape index (κ2) is 15.1. The Labute approximate surface area is 257 Å². The summed E-state index contributed by atoms with van der Waals surface area (Å²) >= 11 is 6.01. The summed E-state index contributed by atoms with van der Waals surface area (Å²) in [5.41, 5.74) is 8.57. The number of nitrogens with zero attached hydrogens (tertiary/aromatic N) is 2. The van der Waals surface area contributed by atoms with Crippen LogP contribution < -0.4 is 15.2 Å². The average molecular weight is 647 g/mol. The Morgan fingerprint density at radius 1 is 0.860 bits per heavy atom. The molecule has 3 aromatic carbocycles. The first-order valence-electron chi connectivity index (χ1n) is 13.0. The summed E-state index contributed by atoms with van der Waals surface area (Å²) in [5.74, 6) is -0.497. The molecule has 0 saturated heterocycles. The van der Waals surface area contributed by atoms with Gasteiger partial charge in [-0.15, -0.1) is 0 Å². The van der Waals surface area contributed by atoms with Crippen LogP contribution in [-0.2, 0) is 31.0 Å². The quantitative estimate of drug-likeness (QED) is 0.140. The van der Waals surface area contributed by atoms with Crippen LogP contribution in [0.1, 0.15) is 21.5 Å². The van der Waals surface area contributed by atoms with Crippen molar-refractivity contribution in [2.45, 2.75) is 30.2 Å². The fourth-order valence-corrected chi connectivity index (χ4v) is 5.31. The maximum atomic E-state index is 12.5. The first-order valence-corrected chi connectivity index (χ1v) is 16.3. The van der Waals surface area contributed by atoms with Gasteiger partial charge in [-0.2, -0.15) is 16.8 Å². The highest BCUT2D eigenvalue weighted by Gasteiger charge is 2.17. The molecule has 0 saturated carbocycles. The summed E-state index contributed by atoms with van der Waals surface area (Å²) in [4.78, 5) is 13.5. The second-order valence-electron chi connectivity index (χ2n) is 9.54. The van der Waals surface area contributed by atoms with Crippen LogP contribution in [-0.4, -0.2) is 47.0 Å². The Morgan fingerprint density at radius 3 is 1.95 bits per heavy atom. The normalized spacial score (nSPS) is 11.3. The number of aromatic nitrogens is 1. The van der Waals surface area contributed by atoms with Crippen molar-refractivity contribution >= 4 is 43.4 Å². The van der Waals surface area contributed by atoms with Crippen molar-refractivity contribution in [1.82, 2.24) is 0 Å². The molecule has 0 unspecified atom stereocenters. The zero-order valence-corrected chi connectivity index (χ0v) is 26.0. The van der Waals surface area contributed by atoms with Gasteiger partial charge < -0.3 is 10.6 Å². The predicted molar refractivity (Wildman–Crippen MR) is 164 cm³/mol. The Bertz CT molecular complexity index is 1730. The Hall–Kier alpha value is -3.81. The number of amides is 1. The van der Waals surface area contributed by atoms with E-state index in [1.54, 1.807) is 54.7 Å². The molecule has 1 aromatic heterocycles. The van der Waals surface area contributed by atoms with Crippen molar-refractivity contribution in [3.05, 3.63) is 119 Å². The van der Waals surface area contributed by atoms with E-state index in [0.29, 0.717) is 30.2 Å². The van der Waals surface area contributed by atoms with Crippen molar-refractivity contribution < 1.29 is 34.9 Å². The lowest BCUT2D eigenvalue weighted by Crippen LogP contribution is -2.42. The van der Waals surface area contributed by atoms with Crippen LogP contribution >= 0.6 is 11.6 Å². The molecule has 0 aliphatic carbocycles. The smallest absolute Gasteiger partial charge is 0.297 e. The fourth-order valence-electron chi connectivity index (χ4n) is 3.81. The zero-order valence-electron chi connectivity index (χ0n) is 23.6. The molecule has 1 heterocycles. The number of hydrogen-bond donors (Lipinski definition) is 2. The molecule has 10 nitrogen and oxygen atoms in total. The molecule has 1 amide bonds. The number of benzene rings is 3. The summed E-state index contributed by atoms with van der Waals surface area (Å²) in [7, 11) is -7.87. The van der Waals surface area contributed by atoms with Gasteiger partial charge in [-0.3, -0.25) is 13.5 Å². The van der Waals surface area contributed by atoms with Crippen molar-refractivity contribution in [3.8, 4) is 0 Å². The van der Waals surface area contributed by atoms with E-state index in [4.69, 9.17) is 26.1 Å². The van der Waals surface area contributed by atoms with Gasteiger partial charge in [0.2, 0.25) is 0 Å². The third kappa shape index (κ3) is 10.8. The van der Waals surface area contributed by atoms with E-state index in [-0.39, 0.29) is 16.4 Å². The van der Waals surface area contributed by atoms with Gasteiger partial charge in [0.25, 0.3) is 26.1 Å². The molecular weight excluding hydrogens is 614 g/mol. The number of aryl methyl sites for hydroxylation is 2. The molecule has 0 spiro atoms. The molecular formula is C30H33ClN3O7S2+. The maximum absolute atomic E-state index is 12.5. The van der Waals surface area contributed by atoms with E-state index < -0.39 is 26.1 Å². The number of pyridine rings is 1. The molecule has 0 bridgehead atoms. The molecule has 13 heteroatoms. The summed E-state index contributed by atoms with van der Waals surface area (Å²) in [6, 6.07) is 23.2. The predicted octanol–water partition coefficient (Wildman–Crippen LogP) is 4.19. The van der Waals surface area contributed by atoms with E-state index in [2.05, 4.69) is 0 Å². The number of rotatable bonds is 11. The van der Waals surface area contributed by atoms with Crippen LogP contribution in [0.5, 0.6) is 0 Å². The van der Waals surface area contributed by atoms with E-state index in [1.807, 2.05) is 41.6 Å². The Balaban J connectivity index is 0.000000386. The minimum absolute atomic E-state index is 0.0230. The summed E-state index contributed by atoms with van der Waals surface area (Å²) in [6.07, 6.45) is 3.52. The standard InChI is InChI=1S/C23H24ClN3O4S.C7H8O3S/c1-18-4-10-22(11-5-18)32(29,30)31-16-15-27(21-8-6-20(24)7-9-21)14-13-26-12-2-3-19(17-26)23(25)28;1-6-2-4-7(5-3-6)11(8,9)10/h2-12,17H,13-16H2,1H3,(H-,25,28);2-5H,1H3,(H,8,9,10)/p+1. The largest absolute Gasteiger partial charge is 0.365 e. The number of carbonyl (C=O) groups excluding carboxylic acids is 1. The first kappa shape index (κ1) is 33.7. The minimum atomic E-state index is -4.02. The molecule has 0 atom stereocenters. The highest BCUT2D eigenvalue weighted by atomic mass is 35.5. The van der Waals surface area contributed by atoms with Crippen LogP contribution in [0.3, 0.4) is 0 Å². The topological polar surface area (TPSA) is 148 Å². The van der Waals surface area contributed by atoms with Crippen molar-refractivity contribution in [3.63, 3.8) is 0 Å². The number of hydrogen-bond acceptors (Lipinski definition) is 7. The number of primary amides is 1. The summed E-state index contributed by atoms with van der Waals surface area (Å²) in [6.45, 7) is 5.14. The highest BCUT2D eigenvalue weighted by Crippen LogP contribution is 2.19. The second-order valence-corrected chi connectivity index (χ2v) is 13.0. The van der Waals surface area contributed by atoms with Gasteiger partial charge in [-0.25, -0.2) is 4.57 Å². The van der Waals surface area contributed by atoms with Crippen LogP contribution in [0, 0.1) is 13.8 Å². The van der Waals surface area contributed by atoms with Gasteiger partial charge in [0.1, 0.15) is 5.56 Å². The molecule has 0 fully saturated rings. The van der Waals surface area contributed by atoms with Crippen LogP contribution in [0.4, 0.5) is 5.69 Å². The number of anilines is 1. The molecule has 0 aliphatic heterocycles. The Kier molecular flexibility index (Phi) is 11.8. The van der Waals surface area contributed by atoms with Crippen molar-refractivity contribution in [1.29, 1.82) is 0 Å². The summed E-state index contributed by atoms with van der Waals surface area (Å²) in [5, 5.41) is 0.607. The van der Waals surface area contributed by atoms with E-state index in [9.17, 15) is 21.6 Å².